The van der Waals surface area contributed by atoms with Crippen molar-refractivity contribution in [1.82, 2.24) is 5.32 Å². The first-order valence-corrected chi connectivity index (χ1v) is 4.46. The predicted molar refractivity (Wildman–Crippen MR) is 53.6 cm³/mol. The van der Waals surface area contributed by atoms with Crippen molar-refractivity contribution < 1.29 is 8.78 Å². The van der Waals surface area contributed by atoms with Gasteiger partial charge in [-0.3, -0.25) is 0 Å². The van der Waals surface area contributed by atoms with Crippen molar-refractivity contribution in [3.05, 3.63) is 29.8 Å². The Hall–Kier alpha value is -1.16. The van der Waals surface area contributed by atoms with Crippen LogP contribution in [0.15, 0.2) is 18.2 Å². The number of hydrogen-bond acceptors (Lipinski definition) is 2. The van der Waals surface area contributed by atoms with Gasteiger partial charge in [-0.05, 0) is 19.2 Å². The summed E-state index contributed by atoms with van der Waals surface area (Å²) in [4.78, 5) is 1.68. The lowest BCUT2D eigenvalue weighted by molar-refractivity contribution is 0.507. The Morgan fingerprint density at radius 3 is 2.71 bits per heavy atom. The topological polar surface area (TPSA) is 15.3 Å². The average Bonchev–Trinajstić information content (AvgIpc) is 2.18. The Morgan fingerprint density at radius 1 is 1.36 bits per heavy atom. The van der Waals surface area contributed by atoms with Crippen LogP contribution in [0.2, 0.25) is 0 Å². The van der Waals surface area contributed by atoms with Crippen molar-refractivity contribution in [3.63, 3.8) is 0 Å². The zero-order valence-electron chi connectivity index (χ0n) is 8.35. The van der Waals surface area contributed by atoms with Gasteiger partial charge in [0.2, 0.25) is 0 Å². The fourth-order valence-corrected chi connectivity index (χ4v) is 1.19. The van der Waals surface area contributed by atoms with Gasteiger partial charge < -0.3 is 10.2 Å². The van der Waals surface area contributed by atoms with Crippen molar-refractivity contribution >= 4 is 5.69 Å². The number of nitrogens with zero attached hydrogens (tertiary/aromatic N) is 1. The van der Waals surface area contributed by atoms with Gasteiger partial charge in [0.15, 0.2) is 11.6 Å². The summed E-state index contributed by atoms with van der Waals surface area (Å²) in [6.07, 6.45) is 0. The number of halogens is 2. The summed E-state index contributed by atoms with van der Waals surface area (Å²) in [7, 11) is 3.55. The van der Waals surface area contributed by atoms with Crippen molar-refractivity contribution in [2.45, 2.75) is 0 Å². The fourth-order valence-electron chi connectivity index (χ4n) is 1.19. The van der Waals surface area contributed by atoms with Gasteiger partial charge in [0.25, 0.3) is 0 Å². The Kier molecular flexibility index (Phi) is 3.83. The minimum atomic E-state index is -0.807. The van der Waals surface area contributed by atoms with E-state index in [1.165, 1.54) is 6.07 Å². The van der Waals surface area contributed by atoms with Crippen LogP contribution < -0.4 is 10.2 Å². The first kappa shape index (κ1) is 10.9. The molecule has 0 saturated carbocycles. The highest BCUT2D eigenvalue weighted by Crippen LogP contribution is 2.19. The van der Waals surface area contributed by atoms with E-state index in [0.29, 0.717) is 12.2 Å². The number of anilines is 1. The van der Waals surface area contributed by atoms with Crippen LogP contribution in [0.3, 0.4) is 0 Å². The molecule has 0 fully saturated rings. The quantitative estimate of drug-likeness (QED) is 0.794. The van der Waals surface area contributed by atoms with E-state index < -0.39 is 11.6 Å². The molecule has 0 radical (unpaired) electrons. The van der Waals surface area contributed by atoms with Gasteiger partial charge in [0.05, 0.1) is 5.69 Å². The summed E-state index contributed by atoms with van der Waals surface area (Å²) in [5.41, 5.74) is 0.292. The highest BCUT2D eigenvalue weighted by molar-refractivity contribution is 5.47. The molecule has 4 heteroatoms. The summed E-state index contributed by atoms with van der Waals surface area (Å²) in [6.45, 7) is 1.36. The third-order valence-electron chi connectivity index (χ3n) is 2.04. The van der Waals surface area contributed by atoms with Crippen molar-refractivity contribution in [2.75, 3.05) is 32.1 Å². The van der Waals surface area contributed by atoms with Crippen molar-refractivity contribution in [1.29, 1.82) is 0 Å². The lowest BCUT2D eigenvalue weighted by atomic mass is 10.2. The molecule has 0 heterocycles. The number of likely N-dealkylation sites (N-methyl/N-ethyl adjacent to an activating group) is 2. The molecule has 1 N–H and O–H groups in total. The molecule has 0 unspecified atom stereocenters. The summed E-state index contributed by atoms with van der Waals surface area (Å²) in [6, 6.07) is 4.18. The van der Waals surface area contributed by atoms with Gasteiger partial charge in [0.1, 0.15) is 0 Å². The Morgan fingerprint density at radius 2 is 2.07 bits per heavy atom. The van der Waals surface area contributed by atoms with E-state index in [-0.39, 0.29) is 0 Å². The molecule has 1 rings (SSSR count). The summed E-state index contributed by atoms with van der Waals surface area (Å²) in [5.74, 6) is -1.59. The number of hydrogen-bond donors (Lipinski definition) is 1. The minimum absolute atomic E-state index is 0.292. The third kappa shape index (κ3) is 2.42. The van der Waals surface area contributed by atoms with E-state index in [2.05, 4.69) is 5.32 Å². The molecule has 0 bridgehead atoms. The SMILES string of the molecule is CNCCN(C)c1cccc(F)c1F. The molecule has 0 spiro atoms. The maximum absolute atomic E-state index is 13.2. The van der Waals surface area contributed by atoms with Crippen LogP contribution in [0.25, 0.3) is 0 Å². The van der Waals surface area contributed by atoms with Crippen molar-refractivity contribution in [3.8, 4) is 0 Å². The molecule has 14 heavy (non-hydrogen) atoms. The monoisotopic (exact) mass is 200 g/mol. The van der Waals surface area contributed by atoms with Crippen LogP contribution in [-0.4, -0.2) is 27.2 Å². The minimum Gasteiger partial charge on any atom is -0.371 e. The molecule has 2 nitrogen and oxygen atoms in total. The molecule has 1 aromatic rings. The first-order valence-electron chi connectivity index (χ1n) is 4.46. The van der Waals surface area contributed by atoms with Crippen LogP contribution >= 0.6 is 0 Å². The molecule has 78 valence electrons. The molecular formula is C10H14F2N2. The van der Waals surface area contributed by atoms with Gasteiger partial charge in [-0.15, -0.1) is 0 Å². The number of rotatable bonds is 4. The first-order chi connectivity index (χ1) is 6.66. The molecule has 0 saturated heterocycles. The van der Waals surface area contributed by atoms with Gasteiger partial charge in [-0.25, -0.2) is 8.78 Å². The van der Waals surface area contributed by atoms with Crippen molar-refractivity contribution in [2.24, 2.45) is 0 Å². The lowest BCUT2D eigenvalue weighted by Gasteiger charge is -2.19. The Labute approximate surface area is 82.5 Å². The van der Waals surface area contributed by atoms with Crippen LogP contribution in [0.1, 0.15) is 0 Å². The zero-order chi connectivity index (χ0) is 10.6. The number of benzene rings is 1. The predicted octanol–water partition coefficient (Wildman–Crippen LogP) is 1.62. The molecular weight excluding hydrogens is 186 g/mol. The van der Waals surface area contributed by atoms with Crippen LogP contribution in [0.4, 0.5) is 14.5 Å². The second-order valence-electron chi connectivity index (χ2n) is 3.10. The maximum atomic E-state index is 13.2. The normalized spacial score (nSPS) is 10.3. The molecule has 0 aliphatic carbocycles. The van der Waals surface area contributed by atoms with Crippen LogP contribution in [-0.2, 0) is 0 Å². The standard InChI is InChI=1S/C10H14F2N2/c1-13-6-7-14(2)9-5-3-4-8(11)10(9)12/h3-5,13H,6-7H2,1-2H3. The molecule has 0 atom stereocenters. The van der Waals surface area contributed by atoms with E-state index in [4.69, 9.17) is 0 Å². The molecule has 0 aromatic heterocycles. The van der Waals surface area contributed by atoms with E-state index >= 15 is 0 Å². The maximum Gasteiger partial charge on any atom is 0.182 e. The lowest BCUT2D eigenvalue weighted by Crippen LogP contribution is -2.27. The zero-order valence-corrected chi connectivity index (χ0v) is 8.35. The van der Waals surface area contributed by atoms with E-state index in [1.807, 2.05) is 7.05 Å². The highest BCUT2D eigenvalue weighted by atomic mass is 19.2. The van der Waals surface area contributed by atoms with Gasteiger partial charge in [-0.1, -0.05) is 6.07 Å². The smallest absolute Gasteiger partial charge is 0.182 e. The molecule has 1 aromatic carbocycles. The average molecular weight is 200 g/mol. The van der Waals surface area contributed by atoms with Gasteiger partial charge >= 0.3 is 0 Å². The largest absolute Gasteiger partial charge is 0.371 e. The summed E-state index contributed by atoms with van der Waals surface area (Å²) in [5, 5.41) is 2.94. The van der Waals surface area contributed by atoms with Gasteiger partial charge in [-0.2, -0.15) is 0 Å². The highest BCUT2D eigenvalue weighted by Gasteiger charge is 2.10. The van der Waals surface area contributed by atoms with E-state index in [1.54, 1.807) is 18.0 Å². The van der Waals surface area contributed by atoms with E-state index in [0.717, 1.165) is 12.6 Å². The summed E-state index contributed by atoms with van der Waals surface area (Å²) < 4.78 is 26.1. The summed E-state index contributed by atoms with van der Waals surface area (Å²) >= 11 is 0. The molecule has 0 aliphatic heterocycles. The fraction of sp³-hybridized carbons (Fsp3) is 0.400. The Balaban J connectivity index is 2.79. The molecule has 0 amide bonds. The van der Waals surface area contributed by atoms with Gasteiger partial charge in [0, 0.05) is 20.1 Å². The van der Waals surface area contributed by atoms with E-state index in [9.17, 15) is 8.78 Å². The second kappa shape index (κ2) is 4.91. The third-order valence-corrected chi connectivity index (χ3v) is 2.04. The Bertz CT molecular complexity index is 302. The number of nitrogens with one attached hydrogen (secondary N) is 1. The van der Waals surface area contributed by atoms with Crippen LogP contribution in [0, 0.1) is 11.6 Å². The molecule has 0 aliphatic rings. The van der Waals surface area contributed by atoms with Crippen LogP contribution in [0.5, 0.6) is 0 Å². The second-order valence-corrected chi connectivity index (χ2v) is 3.10.